The Balaban J connectivity index is 1.84. The molecule has 0 spiro atoms. The average molecular weight is 196 g/mol. The number of hydrogen-bond donors (Lipinski definition) is 2. The first-order valence-corrected chi connectivity index (χ1v) is 5.76. The van der Waals surface area contributed by atoms with E-state index >= 15 is 0 Å². The summed E-state index contributed by atoms with van der Waals surface area (Å²) >= 11 is 0. The minimum Gasteiger partial charge on any atom is -0.352 e. The second-order valence-electron chi connectivity index (χ2n) is 4.80. The predicted octanol–water partition coefficient (Wildman–Crippen LogP) is 1.03. The van der Waals surface area contributed by atoms with Gasteiger partial charge in [-0.05, 0) is 37.5 Å². The quantitative estimate of drug-likeness (QED) is 0.708. The molecule has 2 aliphatic rings. The minimum absolute atomic E-state index is 0.0463. The Morgan fingerprint density at radius 2 is 2.29 bits per heavy atom. The molecule has 0 radical (unpaired) electrons. The van der Waals surface area contributed by atoms with Crippen LogP contribution in [0.25, 0.3) is 0 Å². The molecule has 0 aromatic carbocycles. The molecule has 2 bridgehead atoms. The molecule has 0 aliphatic heterocycles. The van der Waals surface area contributed by atoms with E-state index in [1.165, 1.54) is 25.7 Å². The third-order valence-electron chi connectivity index (χ3n) is 3.84. The Morgan fingerprint density at radius 3 is 2.79 bits per heavy atom. The van der Waals surface area contributed by atoms with E-state index in [1.54, 1.807) is 0 Å². The second-order valence-corrected chi connectivity index (χ2v) is 4.80. The molecule has 0 saturated heterocycles. The third kappa shape index (κ3) is 1.78. The van der Waals surface area contributed by atoms with E-state index in [0.717, 1.165) is 18.3 Å². The Morgan fingerprint density at radius 1 is 1.50 bits per heavy atom. The molecule has 2 fully saturated rings. The first kappa shape index (κ1) is 9.97. The standard InChI is InChI=1S/C11H20N2O/c1-2-9(12)11(14)13-10-6-7-3-4-8(10)5-7/h7-10H,2-6,12H2,1H3,(H,13,14). The fourth-order valence-corrected chi connectivity index (χ4v) is 2.90. The van der Waals surface area contributed by atoms with Gasteiger partial charge in [-0.15, -0.1) is 0 Å². The summed E-state index contributed by atoms with van der Waals surface area (Å²) in [4.78, 5) is 11.6. The van der Waals surface area contributed by atoms with Crippen LogP contribution in [0.3, 0.4) is 0 Å². The van der Waals surface area contributed by atoms with Gasteiger partial charge in [-0.1, -0.05) is 13.3 Å². The van der Waals surface area contributed by atoms with Crippen LogP contribution in [0.5, 0.6) is 0 Å². The number of nitrogens with two attached hydrogens (primary N) is 1. The van der Waals surface area contributed by atoms with Crippen molar-refractivity contribution in [3.63, 3.8) is 0 Å². The highest BCUT2D eigenvalue weighted by Gasteiger charge is 2.40. The molecular weight excluding hydrogens is 176 g/mol. The van der Waals surface area contributed by atoms with Crippen molar-refractivity contribution < 1.29 is 4.79 Å². The maximum absolute atomic E-state index is 11.6. The van der Waals surface area contributed by atoms with Gasteiger partial charge in [-0.3, -0.25) is 4.79 Å². The number of rotatable bonds is 3. The smallest absolute Gasteiger partial charge is 0.237 e. The van der Waals surface area contributed by atoms with E-state index in [-0.39, 0.29) is 11.9 Å². The topological polar surface area (TPSA) is 55.1 Å². The zero-order valence-electron chi connectivity index (χ0n) is 8.83. The molecular formula is C11H20N2O. The van der Waals surface area contributed by atoms with Crippen LogP contribution in [0.15, 0.2) is 0 Å². The average Bonchev–Trinajstić information content (AvgIpc) is 2.77. The summed E-state index contributed by atoms with van der Waals surface area (Å²) in [6, 6.07) is 0.118. The van der Waals surface area contributed by atoms with Crippen molar-refractivity contribution in [1.29, 1.82) is 0 Å². The molecule has 3 heteroatoms. The van der Waals surface area contributed by atoms with Crippen LogP contribution in [0.2, 0.25) is 0 Å². The fourth-order valence-electron chi connectivity index (χ4n) is 2.90. The Labute approximate surface area is 85.4 Å². The summed E-state index contributed by atoms with van der Waals surface area (Å²) in [5, 5.41) is 3.10. The zero-order chi connectivity index (χ0) is 10.1. The SMILES string of the molecule is CCC(N)C(=O)NC1CC2CCC1C2. The first-order chi connectivity index (χ1) is 6.70. The maximum Gasteiger partial charge on any atom is 0.237 e. The molecule has 4 unspecified atom stereocenters. The van der Waals surface area contributed by atoms with Crippen molar-refractivity contribution >= 4 is 5.91 Å². The molecule has 80 valence electrons. The highest BCUT2D eigenvalue weighted by atomic mass is 16.2. The van der Waals surface area contributed by atoms with E-state index in [0.29, 0.717) is 6.04 Å². The van der Waals surface area contributed by atoms with Crippen LogP contribution >= 0.6 is 0 Å². The number of carbonyl (C=O) groups is 1. The number of fused-ring (bicyclic) bond motifs is 2. The van der Waals surface area contributed by atoms with Gasteiger partial charge < -0.3 is 11.1 Å². The van der Waals surface area contributed by atoms with Crippen molar-refractivity contribution in [1.82, 2.24) is 5.32 Å². The van der Waals surface area contributed by atoms with Gasteiger partial charge >= 0.3 is 0 Å². The molecule has 0 heterocycles. The van der Waals surface area contributed by atoms with Gasteiger partial charge in [0.15, 0.2) is 0 Å². The first-order valence-electron chi connectivity index (χ1n) is 5.76. The van der Waals surface area contributed by atoms with Gasteiger partial charge in [0.1, 0.15) is 0 Å². The lowest BCUT2D eigenvalue weighted by Gasteiger charge is -2.24. The van der Waals surface area contributed by atoms with Crippen molar-refractivity contribution in [3.8, 4) is 0 Å². The highest BCUT2D eigenvalue weighted by Crippen LogP contribution is 2.44. The lowest BCUT2D eigenvalue weighted by molar-refractivity contribution is -0.123. The van der Waals surface area contributed by atoms with Gasteiger partial charge in [0.05, 0.1) is 6.04 Å². The van der Waals surface area contributed by atoms with E-state index in [4.69, 9.17) is 5.73 Å². The van der Waals surface area contributed by atoms with Gasteiger partial charge in [0.2, 0.25) is 5.91 Å². The largest absolute Gasteiger partial charge is 0.352 e. The fraction of sp³-hybridized carbons (Fsp3) is 0.909. The highest BCUT2D eigenvalue weighted by molar-refractivity contribution is 5.81. The van der Waals surface area contributed by atoms with E-state index in [2.05, 4.69) is 5.32 Å². The van der Waals surface area contributed by atoms with Crippen LogP contribution in [0.1, 0.15) is 39.0 Å². The lowest BCUT2D eigenvalue weighted by Crippen LogP contribution is -2.46. The number of carbonyl (C=O) groups excluding carboxylic acids is 1. The van der Waals surface area contributed by atoms with Crippen LogP contribution in [-0.2, 0) is 4.79 Å². The predicted molar refractivity (Wildman–Crippen MR) is 55.6 cm³/mol. The van der Waals surface area contributed by atoms with Crippen LogP contribution in [0, 0.1) is 11.8 Å². The third-order valence-corrected chi connectivity index (χ3v) is 3.84. The molecule has 0 aromatic heterocycles. The van der Waals surface area contributed by atoms with Gasteiger partial charge in [0, 0.05) is 6.04 Å². The van der Waals surface area contributed by atoms with E-state index in [1.807, 2.05) is 6.92 Å². The summed E-state index contributed by atoms with van der Waals surface area (Å²) in [6.07, 6.45) is 5.92. The number of hydrogen-bond acceptors (Lipinski definition) is 2. The van der Waals surface area contributed by atoms with Crippen LogP contribution in [0.4, 0.5) is 0 Å². The number of amides is 1. The molecule has 2 rings (SSSR count). The van der Waals surface area contributed by atoms with Crippen molar-refractivity contribution in [3.05, 3.63) is 0 Å². The summed E-state index contributed by atoms with van der Waals surface area (Å²) in [5.74, 6) is 1.67. The molecule has 3 N–H and O–H groups in total. The zero-order valence-corrected chi connectivity index (χ0v) is 8.83. The molecule has 2 aliphatic carbocycles. The number of nitrogens with one attached hydrogen (secondary N) is 1. The van der Waals surface area contributed by atoms with E-state index in [9.17, 15) is 4.79 Å². The summed E-state index contributed by atoms with van der Waals surface area (Å²) in [6.45, 7) is 1.95. The van der Waals surface area contributed by atoms with Crippen molar-refractivity contribution in [2.45, 2.75) is 51.1 Å². The Hall–Kier alpha value is -0.570. The summed E-state index contributed by atoms with van der Waals surface area (Å²) in [7, 11) is 0. The summed E-state index contributed by atoms with van der Waals surface area (Å²) in [5.41, 5.74) is 5.68. The Bertz CT molecular complexity index is 229. The Kier molecular flexibility index (Phi) is 2.77. The van der Waals surface area contributed by atoms with Crippen LogP contribution in [-0.4, -0.2) is 18.0 Å². The monoisotopic (exact) mass is 196 g/mol. The summed E-state index contributed by atoms with van der Waals surface area (Å²) < 4.78 is 0. The molecule has 2 saturated carbocycles. The van der Waals surface area contributed by atoms with Gasteiger partial charge in [-0.25, -0.2) is 0 Å². The minimum atomic E-state index is -0.311. The second kappa shape index (κ2) is 3.89. The van der Waals surface area contributed by atoms with Crippen LogP contribution < -0.4 is 11.1 Å². The maximum atomic E-state index is 11.6. The molecule has 1 amide bonds. The molecule has 14 heavy (non-hydrogen) atoms. The van der Waals surface area contributed by atoms with E-state index < -0.39 is 0 Å². The lowest BCUT2D eigenvalue weighted by atomic mass is 9.95. The van der Waals surface area contributed by atoms with Gasteiger partial charge in [0.25, 0.3) is 0 Å². The normalized spacial score (nSPS) is 37.1. The molecule has 3 nitrogen and oxygen atoms in total. The van der Waals surface area contributed by atoms with Crippen molar-refractivity contribution in [2.24, 2.45) is 17.6 Å². The van der Waals surface area contributed by atoms with Crippen molar-refractivity contribution in [2.75, 3.05) is 0 Å². The molecule has 4 atom stereocenters. The van der Waals surface area contributed by atoms with Gasteiger partial charge in [-0.2, -0.15) is 0 Å². The molecule has 0 aromatic rings.